The fourth-order valence-corrected chi connectivity index (χ4v) is 5.56. The zero-order chi connectivity index (χ0) is 29.9. The Morgan fingerprint density at radius 3 is 2.31 bits per heavy atom. The molecule has 1 unspecified atom stereocenters. The Morgan fingerprint density at radius 1 is 0.905 bits per heavy atom. The van der Waals surface area contributed by atoms with E-state index in [1.165, 1.54) is 24.8 Å². The maximum absolute atomic E-state index is 4.85. The Morgan fingerprint density at radius 2 is 1.62 bits per heavy atom. The Bertz CT molecular complexity index is 1560. The third-order valence-electron chi connectivity index (χ3n) is 8.27. The van der Waals surface area contributed by atoms with E-state index in [9.17, 15) is 0 Å². The van der Waals surface area contributed by atoms with Crippen LogP contribution in [0.15, 0.2) is 92.2 Å². The molecule has 0 radical (unpaired) electrons. The van der Waals surface area contributed by atoms with Crippen molar-refractivity contribution in [3.8, 4) is 11.3 Å². The van der Waals surface area contributed by atoms with Gasteiger partial charge in [0.1, 0.15) is 0 Å². The Labute approximate surface area is 251 Å². The number of hydrogen-bond donors (Lipinski definition) is 2. The highest BCUT2D eigenvalue weighted by molar-refractivity contribution is 5.81. The summed E-state index contributed by atoms with van der Waals surface area (Å²) >= 11 is 0. The molecule has 4 aromatic rings. The van der Waals surface area contributed by atoms with Crippen LogP contribution >= 0.6 is 0 Å². The van der Waals surface area contributed by atoms with Crippen molar-refractivity contribution in [2.45, 2.75) is 65.3 Å². The molecule has 0 aliphatic carbocycles. The molecule has 5 heteroatoms. The smallest absolute Gasteiger partial charge is 0.227 e. The maximum atomic E-state index is 4.85. The van der Waals surface area contributed by atoms with Crippen molar-refractivity contribution in [2.75, 3.05) is 17.2 Å². The monoisotopic (exact) mass is 557 g/mol. The second-order valence-corrected chi connectivity index (χ2v) is 12.4. The van der Waals surface area contributed by atoms with E-state index >= 15 is 0 Å². The zero-order valence-electron chi connectivity index (χ0n) is 25.7. The predicted molar refractivity (Wildman–Crippen MR) is 179 cm³/mol. The lowest BCUT2D eigenvalue weighted by Gasteiger charge is -2.36. The van der Waals surface area contributed by atoms with Crippen molar-refractivity contribution in [3.63, 3.8) is 0 Å². The number of nitrogens with zero attached hydrogens (tertiary/aromatic N) is 3. The first-order valence-electron chi connectivity index (χ1n) is 14.9. The molecule has 5 nitrogen and oxygen atoms in total. The molecule has 1 aliphatic rings. The predicted octanol–water partition coefficient (Wildman–Crippen LogP) is 9.42. The fraction of sp³-hybridized carbons (Fsp3) is 0.297. The summed E-state index contributed by atoms with van der Waals surface area (Å²) in [6.07, 6.45) is 5.56. The summed E-state index contributed by atoms with van der Waals surface area (Å²) in [7, 11) is 0. The normalized spacial score (nSPS) is 15.3. The van der Waals surface area contributed by atoms with Crippen LogP contribution in [0.2, 0.25) is 0 Å². The first kappa shape index (κ1) is 29.1. The van der Waals surface area contributed by atoms with Crippen LogP contribution in [-0.4, -0.2) is 27.5 Å². The van der Waals surface area contributed by atoms with Crippen LogP contribution in [0.3, 0.4) is 0 Å². The standard InChI is InChI=1S/C37H43N5/c1-25-11-8-9-24-42(25)28(4)30-16-20-32(21-17-30)40-36-38-23-22-35(41-36)33-12-10-13-34(26(33)2)39-27(3)29-14-18-31(19-15-29)37(5,6)7/h10,12-23,25,39H,3-4,8-9,11,24H2,1-2,5-7H3,(H,38,40,41). The minimum Gasteiger partial charge on any atom is -0.369 e. The molecule has 2 heterocycles. The third kappa shape index (κ3) is 6.57. The minimum atomic E-state index is 0.119. The highest BCUT2D eigenvalue weighted by atomic mass is 15.2. The summed E-state index contributed by atoms with van der Waals surface area (Å²) in [6, 6.07) is 25.7. The number of likely N-dealkylation sites (tertiary alicyclic amines) is 1. The Hall–Kier alpha value is -4.38. The van der Waals surface area contributed by atoms with Gasteiger partial charge in [0.2, 0.25) is 5.95 Å². The van der Waals surface area contributed by atoms with Gasteiger partial charge in [0.15, 0.2) is 0 Å². The lowest BCUT2D eigenvalue weighted by Crippen LogP contribution is -2.35. The van der Waals surface area contributed by atoms with Gasteiger partial charge in [-0.15, -0.1) is 0 Å². The molecule has 1 saturated heterocycles. The first-order chi connectivity index (χ1) is 20.1. The van der Waals surface area contributed by atoms with Crippen LogP contribution in [0.1, 0.15) is 69.2 Å². The summed E-state index contributed by atoms with van der Waals surface area (Å²) in [5.41, 5.74) is 10.6. The number of hydrogen-bond acceptors (Lipinski definition) is 5. The van der Waals surface area contributed by atoms with E-state index in [0.717, 1.165) is 57.3 Å². The van der Waals surface area contributed by atoms with Crippen LogP contribution in [0.25, 0.3) is 22.7 Å². The molecule has 0 spiro atoms. The van der Waals surface area contributed by atoms with Gasteiger partial charge in [0.25, 0.3) is 0 Å². The molecule has 0 bridgehead atoms. The molecular formula is C37H43N5. The summed E-state index contributed by atoms with van der Waals surface area (Å²) in [5.74, 6) is 0.560. The van der Waals surface area contributed by atoms with Gasteiger partial charge in [0, 0.05) is 47.1 Å². The van der Waals surface area contributed by atoms with Crippen molar-refractivity contribution in [2.24, 2.45) is 0 Å². The van der Waals surface area contributed by atoms with Crippen molar-refractivity contribution in [1.82, 2.24) is 14.9 Å². The quantitative estimate of drug-likeness (QED) is 0.226. The molecule has 1 aliphatic heterocycles. The lowest BCUT2D eigenvalue weighted by molar-refractivity contribution is 0.244. The van der Waals surface area contributed by atoms with E-state index in [0.29, 0.717) is 12.0 Å². The van der Waals surface area contributed by atoms with Crippen LogP contribution in [0.5, 0.6) is 0 Å². The molecule has 1 aromatic heterocycles. The number of aromatic nitrogens is 2. The molecule has 1 fully saturated rings. The molecule has 0 saturated carbocycles. The van der Waals surface area contributed by atoms with Gasteiger partial charge in [-0.25, -0.2) is 9.97 Å². The molecule has 42 heavy (non-hydrogen) atoms. The average Bonchev–Trinajstić information content (AvgIpc) is 2.98. The number of benzene rings is 3. The number of rotatable bonds is 8. The molecule has 216 valence electrons. The van der Waals surface area contributed by atoms with Gasteiger partial charge in [-0.3, -0.25) is 0 Å². The van der Waals surface area contributed by atoms with Crippen LogP contribution in [0, 0.1) is 6.92 Å². The van der Waals surface area contributed by atoms with Crippen LogP contribution in [0.4, 0.5) is 17.3 Å². The largest absolute Gasteiger partial charge is 0.369 e. The fourth-order valence-electron chi connectivity index (χ4n) is 5.56. The van der Waals surface area contributed by atoms with Crippen molar-refractivity contribution in [3.05, 3.63) is 114 Å². The van der Waals surface area contributed by atoms with Crippen molar-refractivity contribution < 1.29 is 0 Å². The maximum Gasteiger partial charge on any atom is 0.227 e. The molecule has 1 atom stereocenters. The van der Waals surface area contributed by atoms with Crippen molar-refractivity contribution >= 4 is 28.7 Å². The topological polar surface area (TPSA) is 53.1 Å². The summed E-state index contributed by atoms with van der Waals surface area (Å²) in [5, 5.41) is 6.90. The minimum absolute atomic E-state index is 0.119. The second-order valence-electron chi connectivity index (χ2n) is 12.4. The van der Waals surface area contributed by atoms with Crippen LogP contribution < -0.4 is 10.6 Å². The summed E-state index contributed by atoms with van der Waals surface area (Å²) < 4.78 is 0. The van der Waals surface area contributed by atoms with E-state index in [1.807, 2.05) is 12.1 Å². The van der Waals surface area contributed by atoms with Gasteiger partial charge in [-0.05, 0) is 85.0 Å². The SMILES string of the molecule is C=C(Nc1cccc(-c2ccnc(Nc3ccc(C(=C)N4CCCCC4C)cc3)n2)c1C)c1ccc(C(C)(C)C)cc1. The van der Waals surface area contributed by atoms with Crippen molar-refractivity contribution in [1.29, 1.82) is 0 Å². The lowest BCUT2D eigenvalue weighted by atomic mass is 9.86. The average molecular weight is 558 g/mol. The van der Waals surface area contributed by atoms with E-state index in [4.69, 9.17) is 4.98 Å². The first-order valence-corrected chi connectivity index (χ1v) is 14.9. The Kier molecular flexibility index (Phi) is 8.49. The second kappa shape index (κ2) is 12.2. The summed E-state index contributed by atoms with van der Waals surface area (Å²) in [6.45, 7) is 20.9. The van der Waals surface area contributed by atoms with Gasteiger partial charge in [-0.1, -0.05) is 82.5 Å². The van der Waals surface area contributed by atoms with E-state index in [1.54, 1.807) is 6.20 Å². The van der Waals surface area contributed by atoms with E-state index in [-0.39, 0.29) is 5.41 Å². The number of nitrogens with one attached hydrogen (secondary N) is 2. The van der Waals surface area contributed by atoms with E-state index < -0.39 is 0 Å². The highest BCUT2D eigenvalue weighted by Gasteiger charge is 2.20. The van der Waals surface area contributed by atoms with Gasteiger partial charge in [0.05, 0.1) is 5.69 Å². The van der Waals surface area contributed by atoms with Crippen LogP contribution in [-0.2, 0) is 5.41 Å². The summed E-state index contributed by atoms with van der Waals surface area (Å²) in [4.78, 5) is 11.8. The number of piperidine rings is 1. The van der Waals surface area contributed by atoms with Gasteiger partial charge < -0.3 is 15.5 Å². The molecule has 0 amide bonds. The Balaban J connectivity index is 1.29. The molecule has 5 rings (SSSR count). The highest BCUT2D eigenvalue weighted by Crippen LogP contribution is 2.31. The van der Waals surface area contributed by atoms with E-state index in [2.05, 4.69) is 129 Å². The molecule has 3 aromatic carbocycles. The molecule has 2 N–H and O–H groups in total. The number of anilines is 3. The molecular weight excluding hydrogens is 514 g/mol. The zero-order valence-corrected chi connectivity index (χ0v) is 25.7. The third-order valence-corrected chi connectivity index (χ3v) is 8.27. The van der Waals surface area contributed by atoms with Gasteiger partial charge in [-0.2, -0.15) is 0 Å². The van der Waals surface area contributed by atoms with Gasteiger partial charge >= 0.3 is 0 Å².